The zero-order valence-corrected chi connectivity index (χ0v) is 24.4. The first kappa shape index (κ1) is 29.6. The summed E-state index contributed by atoms with van der Waals surface area (Å²) in [7, 11) is 2.75. The molecule has 1 aromatic heterocycles. The summed E-state index contributed by atoms with van der Waals surface area (Å²) in [4.78, 5) is 45.3. The minimum atomic E-state index is -1.08. The van der Waals surface area contributed by atoms with E-state index in [2.05, 4.69) is 11.9 Å². The maximum absolute atomic E-state index is 13.6. The van der Waals surface area contributed by atoms with E-state index in [1.165, 1.54) is 19.1 Å². The number of ether oxygens (including phenoxy) is 4. The van der Waals surface area contributed by atoms with E-state index in [0.717, 1.165) is 24.2 Å². The van der Waals surface area contributed by atoms with E-state index in [4.69, 9.17) is 18.9 Å². The Bertz CT molecular complexity index is 1500. The number of hydrogen-bond acceptors (Lipinski definition) is 10. The zero-order valence-electron chi connectivity index (χ0n) is 23.6. The van der Waals surface area contributed by atoms with Gasteiger partial charge in [0.05, 0.1) is 44.7 Å². The van der Waals surface area contributed by atoms with Gasteiger partial charge in [-0.3, -0.25) is 14.5 Å². The number of esters is 1. The Labute approximate surface area is 242 Å². The largest absolute Gasteiger partial charge is 0.507 e. The van der Waals surface area contributed by atoms with Gasteiger partial charge in [0, 0.05) is 5.56 Å². The number of hydrogen-bond donors (Lipinski definition) is 1. The van der Waals surface area contributed by atoms with Gasteiger partial charge in [0.15, 0.2) is 16.6 Å². The van der Waals surface area contributed by atoms with Gasteiger partial charge in [-0.15, -0.1) is 0 Å². The summed E-state index contributed by atoms with van der Waals surface area (Å²) in [5.41, 5.74) is 0.979. The third-order valence-corrected chi connectivity index (χ3v) is 7.62. The van der Waals surface area contributed by atoms with Crippen LogP contribution in [0, 0.1) is 6.92 Å². The highest BCUT2D eigenvalue weighted by atomic mass is 32.1. The molecule has 216 valence electrons. The van der Waals surface area contributed by atoms with Crippen molar-refractivity contribution >= 4 is 39.9 Å². The summed E-state index contributed by atoms with van der Waals surface area (Å²) in [6.45, 7) is 6.41. The van der Waals surface area contributed by atoms with E-state index in [9.17, 15) is 19.5 Å². The lowest BCUT2D eigenvalue weighted by Crippen LogP contribution is -2.29. The topological polar surface area (TPSA) is 124 Å². The van der Waals surface area contributed by atoms with Gasteiger partial charge in [-0.2, -0.15) is 0 Å². The van der Waals surface area contributed by atoms with E-state index in [1.54, 1.807) is 49.4 Å². The van der Waals surface area contributed by atoms with Crippen molar-refractivity contribution in [1.29, 1.82) is 0 Å². The van der Waals surface area contributed by atoms with Crippen LogP contribution in [0.25, 0.3) is 5.76 Å². The van der Waals surface area contributed by atoms with Crippen LogP contribution in [0.5, 0.6) is 17.2 Å². The van der Waals surface area contributed by atoms with Crippen molar-refractivity contribution in [2.75, 3.05) is 32.3 Å². The summed E-state index contributed by atoms with van der Waals surface area (Å²) < 4.78 is 21.9. The van der Waals surface area contributed by atoms with Gasteiger partial charge in [0.2, 0.25) is 0 Å². The first-order valence-corrected chi connectivity index (χ1v) is 14.0. The molecule has 1 saturated heterocycles. The van der Waals surface area contributed by atoms with Crippen molar-refractivity contribution in [2.24, 2.45) is 0 Å². The van der Waals surface area contributed by atoms with Crippen LogP contribution < -0.4 is 19.1 Å². The standard InChI is InChI=1S/C30H32N2O8S/c1-6-8-14-40-21-13-12-18(16-22(21)37-4)24-23(25(33)19-10-9-11-20(15-19)39-7-2)26(34)28(35)32(24)30-31-17(3)27(41-30)29(36)38-5/h9-13,15-16,24,33H,6-8,14H2,1-5H3/b25-23+. The molecule has 2 aromatic carbocycles. The maximum Gasteiger partial charge on any atom is 0.350 e. The van der Waals surface area contributed by atoms with Crippen molar-refractivity contribution in [3.63, 3.8) is 0 Å². The smallest absolute Gasteiger partial charge is 0.350 e. The van der Waals surface area contributed by atoms with Crippen molar-refractivity contribution in [3.8, 4) is 17.2 Å². The third-order valence-electron chi connectivity index (χ3n) is 6.48. The Morgan fingerprint density at radius 2 is 1.85 bits per heavy atom. The number of aliphatic hydroxyl groups is 1. The number of aromatic nitrogens is 1. The second-order valence-corrected chi connectivity index (χ2v) is 10.1. The van der Waals surface area contributed by atoms with Crippen LogP contribution in [0.3, 0.4) is 0 Å². The molecule has 11 heteroatoms. The Kier molecular flexibility index (Phi) is 9.28. The first-order chi connectivity index (χ1) is 19.7. The third kappa shape index (κ3) is 5.90. The molecule has 1 amide bonds. The number of thiazole rings is 1. The fraction of sp³-hybridized carbons (Fsp3) is 0.333. The van der Waals surface area contributed by atoms with Crippen LogP contribution in [0.4, 0.5) is 5.13 Å². The summed E-state index contributed by atoms with van der Waals surface area (Å²) >= 11 is 0.926. The molecule has 0 bridgehead atoms. The van der Waals surface area contributed by atoms with Gasteiger partial charge in [-0.1, -0.05) is 42.9 Å². The molecule has 1 aliphatic rings. The number of aliphatic hydroxyl groups excluding tert-OH is 1. The molecule has 10 nitrogen and oxygen atoms in total. The molecule has 1 N–H and O–H groups in total. The van der Waals surface area contributed by atoms with Gasteiger partial charge in [-0.05, 0) is 50.1 Å². The molecule has 4 rings (SSSR count). The van der Waals surface area contributed by atoms with Gasteiger partial charge in [-0.25, -0.2) is 9.78 Å². The average Bonchev–Trinajstić information content (AvgIpc) is 3.49. The summed E-state index contributed by atoms with van der Waals surface area (Å²) in [6.07, 6.45) is 1.82. The minimum absolute atomic E-state index is 0.111. The maximum atomic E-state index is 13.6. The number of methoxy groups -OCH3 is 2. The number of carbonyl (C=O) groups is 3. The lowest BCUT2D eigenvalue weighted by molar-refractivity contribution is -0.132. The Hall–Kier alpha value is -4.38. The van der Waals surface area contributed by atoms with Gasteiger partial charge in [0.25, 0.3) is 5.78 Å². The number of Topliss-reactive ketones (excluding diaryl/α,β-unsaturated/α-hetero) is 1. The number of aryl methyl sites for hydroxylation is 1. The quantitative estimate of drug-likeness (QED) is 0.104. The molecule has 1 aliphatic heterocycles. The number of anilines is 1. The molecule has 0 saturated carbocycles. The van der Waals surface area contributed by atoms with Crippen LogP contribution >= 0.6 is 11.3 Å². The highest BCUT2D eigenvalue weighted by Crippen LogP contribution is 2.45. The van der Waals surface area contributed by atoms with Gasteiger partial charge in [0.1, 0.15) is 16.4 Å². The molecule has 3 aromatic rings. The Balaban J connectivity index is 1.91. The number of benzene rings is 2. The van der Waals surface area contributed by atoms with Crippen LogP contribution in [-0.2, 0) is 14.3 Å². The monoisotopic (exact) mass is 580 g/mol. The van der Waals surface area contributed by atoms with E-state index in [1.807, 2.05) is 6.92 Å². The lowest BCUT2D eigenvalue weighted by Gasteiger charge is -2.24. The fourth-order valence-electron chi connectivity index (χ4n) is 4.47. The van der Waals surface area contributed by atoms with E-state index in [-0.39, 0.29) is 21.3 Å². The molecule has 1 unspecified atom stereocenters. The molecule has 41 heavy (non-hydrogen) atoms. The SMILES string of the molecule is CCCCOc1ccc(C2/C(=C(\O)c3cccc(OCC)c3)C(=O)C(=O)N2c2nc(C)c(C(=O)OC)s2)cc1OC. The lowest BCUT2D eigenvalue weighted by atomic mass is 9.95. The number of rotatable bonds is 11. The zero-order chi connectivity index (χ0) is 29.7. The Morgan fingerprint density at radius 1 is 1.07 bits per heavy atom. The van der Waals surface area contributed by atoms with Crippen LogP contribution in [0.1, 0.15) is 59.2 Å². The molecule has 0 radical (unpaired) electrons. The number of ketones is 1. The summed E-state index contributed by atoms with van der Waals surface area (Å²) in [5.74, 6) is -1.38. The molecule has 1 atom stereocenters. The van der Waals surface area contributed by atoms with Crippen LogP contribution in [0.15, 0.2) is 48.0 Å². The molecule has 0 aliphatic carbocycles. The number of carbonyl (C=O) groups excluding carboxylic acids is 3. The molecule has 2 heterocycles. The molecular weight excluding hydrogens is 548 g/mol. The predicted octanol–water partition coefficient (Wildman–Crippen LogP) is 5.45. The van der Waals surface area contributed by atoms with Crippen LogP contribution in [0.2, 0.25) is 0 Å². The first-order valence-electron chi connectivity index (χ1n) is 13.2. The summed E-state index contributed by atoms with van der Waals surface area (Å²) in [6, 6.07) is 10.6. The van der Waals surface area contributed by atoms with E-state index >= 15 is 0 Å². The highest BCUT2D eigenvalue weighted by molar-refractivity contribution is 7.17. The van der Waals surface area contributed by atoms with Crippen molar-refractivity contribution in [2.45, 2.75) is 39.7 Å². The fourth-order valence-corrected chi connectivity index (χ4v) is 5.48. The second kappa shape index (κ2) is 12.9. The molecule has 1 fully saturated rings. The van der Waals surface area contributed by atoms with Crippen LogP contribution in [-0.4, -0.2) is 55.2 Å². The molecular formula is C30H32N2O8S. The summed E-state index contributed by atoms with van der Waals surface area (Å²) in [5, 5.41) is 11.6. The molecule has 0 spiro atoms. The highest BCUT2D eigenvalue weighted by Gasteiger charge is 2.48. The average molecular weight is 581 g/mol. The van der Waals surface area contributed by atoms with Crippen molar-refractivity contribution in [1.82, 2.24) is 4.98 Å². The Morgan fingerprint density at radius 3 is 2.54 bits per heavy atom. The second-order valence-electron chi connectivity index (χ2n) is 9.14. The number of unbranched alkanes of at least 4 members (excludes halogenated alkanes) is 1. The van der Waals surface area contributed by atoms with E-state index < -0.39 is 23.7 Å². The normalized spacial score (nSPS) is 16.1. The van der Waals surface area contributed by atoms with Gasteiger partial charge < -0.3 is 24.1 Å². The van der Waals surface area contributed by atoms with Crippen molar-refractivity contribution < 1.29 is 38.4 Å². The van der Waals surface area contributed by atoms with E-state index in [0.29, 0.717) is 47.3 Å². The van der Waals surface area contributed by atoms with Crippen molar-refractivity contribution in [3.05, 3.63) is 69.7 Å². The minimum Gasteiger partial charge on any atom is -0.507 e. The van der Waals surface area contributed by atoms with Gasteiger partial charge >= 0.3 is 11.9 Å². The number of nitrogens with zero attached hydrogens (tertiary/aromatic N) is 2. The number of amides is 1. The predicted molar refractivity (Wildman–Crippen MR) is 154 cm³/mol.